The minimum atomic E-state index is -0.975. The highest BCUT2D eigenvalue weighted by Gasteiger charge is 2.23. The van der Waals surface area contributed by atoms with Crippen LogP contribution in [0.5, 0.6) is 0 Å². The fourth-order valence-corrected chi connectivity index (χ4v) is 2.66. The van der Waals surface area contributed by atoms with Gasteiger partial charge in [0.15, 0.2) is 0 Å². The quantitative estimate of drug-likeness (QED) is 0.684. The Hall–Kier alpha value is -2.08. The zero-order valence-corrected chi connectivity index (χ0v) is 12.1. The summed E-state index contributed by atoms with van der Waals surface area (Å²) in [7, 11) is 0. The molecule has 1 aliphatic rings. The molecule has 1 fully saturated rings. The number of nitrogens with two attached hydrogens (primary N) is 1. The van der Waals surface area contributed by atoms with Gasteiger partial charge in [0.05, 0.1) is 5.56 Å². The number of aryl methyl sites for hydroxylation is 1. The summed E-state index contributed by atoms with van der Waals surface area (Å²) in [6.07, 6.45) is 4.00. The number of amides is 2. The molecule has 114 valence electrons. The zero-order valence-electron chi connectivity index (χ0n) is 12.1. The molecule has 6 nitrogen and oxygen atoms in total. The maximum absolute atomic E-state index is 12.0. The van der Waals surface area contributed by atoms with Gasteiger partial charge in [0.1, 0.15) is 0 Å². The van der Waals surface area contributed by atoms with Crippen molar-refractivity contribution >= 4 is 17.7 Å². The monoisotopic (exact) mass is 291 g/mol. The van der Waals surface area contributed by atoms with E-state index in [9.17, 15) is 9.59 Å². The van der Waals surface area contributed by atoms with Crippen molar-refractivity contribution in [1.82, 2.24) is 5.32 Å². The summed E-state index contributed by atoms with van der Waals surface area (Å²) >= 11 is 0. The van der Waals surface area contributed by atoms with Crippen molar-refractivity contribution in [3.8, 4) is 0 Å². The number of carbonyl (C=O) groups excluding carboxylic acids is 1. The second kappa shape index (κ2) is 6.58. The smallest absolute Gasteiger partial charge is 0.335 e. The van der Waals surface area contributed by atoms with Gasteiger partial charge in [0, 0.05) is 17.8 Å². The van der Waals surface area contributed by atoms with Crippen molar-refractivity contribution in [2.24, 2.45) is 5.73 Å². The van der Waals surface area contributed by atoms with E-state index in [1.165, 1.54) is 6.07 Å². The SMILES string of the molecule is Cc1cc(NC(=O)NC2CCCCC2N)ccc1C(=O)O. The summed E-state index contributed by atoms with van der Waals surface area (Å²) in [5, 5.41) is 14.6. The number of urea groups is 1. The van der Waals surface area contributed by atoms with Gasteiger partial charge in [0.2, 0.25) is 0 Å². The number of carbonyl (C=O) groups is 2. The zero-order chi connectivity index (χ0) is 15.4. The van der Waals surface area contributed by atoms with Crippen LogP contribution in [0.15, 0.2) is 18.2 Å². The summed E-state index contributed by atoms with van der Waals surface area (Å²) in [5.74, 6) is -0.975. The van der Waals surface area contributed by atoms with Crippen LogP contribution >= 0.6 is 0 Å². The molecule has 0 spiro atoms. The molecule has 1 aromatic carbocycles. The number of benzene rings is 1. The summed E-state index contributed by atoms with van der Waals surface area (Å²) in [6, 6.07) is 4.40. The number of rotatable bonds is 3. The van der Waals surface area contributed by atoms with Gasteiger partial charge < -0.3 is 21.5 Å². The topological polar surface area (TPSA) is 104 Å². The Kier molecular flexibility index (Phi) is 4.80. The predicted octanol–water partition coefficient (Wildman–Crippen LogP) is 2.08. The van der Waals surface area contributed by atoms with Crippen LogP contribution in [0.4, 0.5) is 10.5 Å². The van der Waals surface area contributed by atoms with Crippen LogP contribution in [0.2, 0.25) is 0 Å². The summed E-state index contributed by atoms with van der Waals surface area (Å²) in [5.41, 5.74) is 7.40. The minimum absolute atomic E-state index is 0.000576. The van der Waals surface area contributed by atoms with E-state index in [0.717, 1.165) is 25.7 Å². The first-order chi connectivity index (χ1) is 9.97. The highest BCUT2D eigenvalue weighted by molar-refractivity contribution is 5.92. The average molecular weight is 291 g/mol. The average Bonchev–Trinajstić information content (AvgIpc) is 2.41. The van der Waals surface area contributed by atoms with Crippen molar-refractivity contribution < 1.29 is 14.7 Å². The predicted molar refractivity (Wildman–Crippen MR) is 80.5 cm³/mol. The molecule has 2 amide bonds. The van der Waals surface area contributed by atoms with Crippen molar-refractivity contribution in [3.63, 3.8) is 0 Å². The molecule has 0 aliphatic heterocycles. The van der Waals surface area contributed by atoms with E-state index < -0.39 is 5.97 Å². The van der Waals surface area contributed by atoms with Gasteiger partial charge in [-0.3, -0.25) is 0 Å². The van der Waals surface area contributed by atoms with Gasteiger partial charge in [-0.15, -0.1) is 0 Å². The third kappa shape index (κ3) is 3.95. The lowest BCUT2D eigenvalue weighted by Gasteiger charge is -2.29. The van der Waals surface area contributed by atoms with E-state index in [2.05, 4.69) is 10.6 Å². The van der Waals surface area contributed by atoms with Gasteiger partial charge in [-0.25, -0.2) is 9.59 Å². The highest BCUT2D eigenvalue weighted by Crippen LogP contribution is 2.18. The molecule has 2 unspecified atom stereocenters. The standard InChI is InChI=1S/C15H21N3O3/c1-9-8-10(6-7-11(9)14(19)20)17-15(21)18-13-5-3-2-4-12(13)16/h6-8,12-13H,2-5,16H2,1H3,(H,19,20)(H2,17,18,21). The lowest BCUT2D eigenvalue weighted by atomic mass is 9.91. The first-order valence-electron chi connectivity index (χ1n) is 7.14. The minimum Gasteiger partial charge on any atom is -0.478 e. The lowest BCUT2D eigenvalue weighted by Crippen LogP contribution is -2.50. The molecule has 1 saturated carbocycles. The second-order valence-corrected chi connectivity index (χ2v) is 5.49. The Balaban J connectivity index is 1.96. The molecule has 5 N–H and O–H groups in total. The molecule has 1 aromatic rings. The second-order valence-electron chi connectivity index (χ2n) is 5.49. The normalized spacial score (nSPS) is 21.6. The largest absolute Gasteiger partial charge is 0.478 e. The number of hydrogen-bond donors (Lipinski definition) is 4. The summed E-state index contributed by atoms with van der Waals surface area (Å²) < 4.78 is 0. The fraction of sp³-hybridized carbons (Fsp3) is 0.467. The molecule has 2 rings (SSSR count). The maximum atomic E-state index is 12.0. The van der Waals surface area contributed by atoms with E-state index in [-0.39, 0.29) is 23.7 Å². The molecule has 2 atom stereocenters. The first-order valence-corrected chi connectivity index (χ1v) is 7.14. The maximum Gasteiger partial charge on any atom is 0.335 e. The van der Waals surface area contributed by atoms with Crippen LogP contribution in [0.25, 0.3) is 0 Å². The van der Waals surface area contributed by atoms with Gasteiger partial charge in [-0.1, -0.05) is 12.8 Å². The van der Waals surface area contributed by atoms with E-state index in [1.54, 1.807) is 19.1 Å². The van der Waals surface area contributed by atoms with Gasteiger partial charge >= 0.3 is 12.0 Å². The van der Waals surface area contributed by atoms with Crippen LogP contribution in [-0.4, -0.2) is 29.2 Å². The third-order valence-corrected chi connectivity index (χ3v) is 3.85. The van der Waals surface area contributed by atoms with Crippen LogP contribution in [0.3, 0.4) is 0 Å². The molecule has 0 aromatic heterocycles. The van der Waals surface area contributed by atoms with E-state index in [4.69, 9.17) is 10.8 Å². The third-order valence-electron chi connectivity index (χ3n) is 3.85. The Morgan fingerprint density at radius 3 is 2.62 bits per heavy atom. The molecular formula is C15H21N3O3. The molecule has 1 aliphatic carbocycles. The van der Waals surface area contributed by atoms with Gasteiger partial charge in [-0.2, -0.15) is 0 Å². The van der Waals surface area contributed by atoms with E-state index in [0.29, 0.717) is 11.3 Å². The Morgan fingerprint density at radius 1 is 1.29 bits per heavy atom. The van der Waals surface area contributed by atoms with Gasteiger partial charge in [0.25, 0.3) is 0 Å². The molecule has 21 heavy (non-hydrogen) atoms. The summed E-state index contributed by atoms with van der Waals surface area (Å²) in [6.45, 7) is 1.70. The molecule has 6 heteroatoms. The number of aromatic carboxylic acids is 1. The van der Waals surface area contributed by atoms with Crippen LogP contribution in [-0.2, 0) is 0 Å². The Morgan fingerprint density at radius 2 is 2.00 bits per heavy atom. The lowest BCUT2D eigenvalue weighted by molar-refractivity contribution is 0.0696. The van der Waals surface area contributed by atoms with Crippen LogP contribution in [0, 0.1) is 6.92 Å². The number of carboxylic acids is 1. The van der Waals surface area contributed by atoms with Crippen molar-refractivity contribution in [1.29, 1.82) is 0 Å². The molecule has 0 radical (unpaired) electrons. The Labute approximate surface area is 123 Å². The molecule has 0 heterocycles. The van der Waals surface area contributed by atoms with Crippen molar-refractivity contribution in [2.75, 3.05) is 5.32 Å². The number of anilines is 1. The molecule has 0 bridgehead atoms. The molecule has 0 saturated heterocycles. The van der Waals surface area contributed by atoms with Gasteiger partial charge in [-0.05, 0) is 43.5 Å². The van der Waals surface area contributed by atoms with Crippen LogP contribution < -0.4 is 16.4 Å². The molecular weight excluding hydrogens is 270 g/mol. The van der Waals surface area contributed by atoms with Crippen molar-refractivity contribution in [3.05, 3.63) is 29.3 Å². The summed E-state index contributed by atoms with van der Waals surface area (Å²) in [4.78, 5) is 22.9. The van der Waals surface area contributed by atoms with E-state index in [1.807, 2.05) is 0 Å². The fourth-order valence-electron chi connectivity index (χ4n) is 2.66. The van der Waals surface area contributed by atoms with Crippen molar-refractivity contribution in [2.45, 2.75) is 44.7 Å². The number of nitrogens with one attached hydrogen (secondary N) is 2. The van der Waals surface area contributed by atoms with Crippen LogP contribution in [0.1, 0.15) is 41.6 Å². The number of carboxylic acid groups (broad SMARTS) is 1. The first kappa shape index (κ1) is 15.3. The van der Waals surface area contributed by atoms with E-state index >= 15 is 0 Å². The highest BCUT2D eigenvalue weighted by atomic mass is 16.4. The Bertz CT molecular complexity index is 545. The number of hydrogen-bond acceptors (Lipinski definition) is 3.